The Labute approximate surface area is 75.3 Å². The largest absolute Gasteiger partial charge is 0.470 e. The van der Waals surface area contributed by atoms with Crippen LogP contribution in [0.5, 0.6) is 0 Å². The van der Waals surface area contributed by atoms with Gasteiger partial charge in [-0.15, -0.1) is 0 Å². The number of aliphatic imine (C=N–C) groups is 1. The first kappa shape index (κ1) is 9.11. The molecule has 0 fully saturated rings. The maximum Gasteiger partial charge on any atom is 0.202 e. The fourth-order valence-corrected chi connectivity index (χ4v) is 0.743. The molecule has 0 saturated carbocycles. The molecule has 6 heteroatoms. The number of nitrogens with zero attached hydrogens (tertiary/aromatic N) is 1. The summed E-state index contributed by atoms with van der Waals surface area (Å²) in [6.07, 6.45) is 3.05. The van der Waals surface area contributed by atoms with E-state index < -0.39 is 0 Å². The van der Waals surface area contributed by atoms with E-state index in [1.165, 1.54) is 12.5 Å². The summed E-state index contributed by atoms with van der Waals surface area (Å²) in [6, 6.07) is 1.73. The lowest BCUT2D eigenvalue weighted by molar-refractivity contribution is 0.568. The molecule has 0 amide bonds. The summed E-state index contributed by atoms with van der Waals surface area (Å²) < 4.78 is 4.83. The predicted molar refractivity (Wildman–Crippen MR) is 50.7 cm³/mol. The number of hydrogen-bond donors (Lipinski definition) is 4. The lowest BCUT2D eigenvalue weighted by Crippen LogP contribution is -2.39. The molecule has 0 unspecified atom stereocenters. The van der Waals surface area contributed by atoms with Crippen LogP contribution in [-0.4, -0.2) is 19.0 Å². The monoisotopic (exact) mass is 181 g/mol. The van der Waals surface area contributed by atoms with Gasteiger partial charge in [0.2, 0.25) is 5.96 Å². The Morgan fingerprint density at radius 1 is 1.69 bits per heavy atom. The lowest BCUT2D eigenvalue weighted by atomic mass is 10.5. The Kier molecular flexibility index (Phi) is 2.91. The number of nitrogens with two attached hydrogens (primary N) is 1. The summed E-state index contributed by atoms with van der Waals surface area (Å²) >= 11 is 0. The fraction of sp³-hybridized carbons (Fsp3) is 0.143. The molecule has 0 aliphatic carbocycles. The lowest BCUT2D eigenvalue weighted by Gasteiger charge is -2.07. The molecular formula is C7H11N5O. The van der Waals surface area contributed by atoms with Crippen molar-refractivity contribution in [2.24, 2.45) is 10.7 Å². The molecule has 6 nitrogen and oxygen atoms in total. The Bertz CT molecular complexity index is 303. The molecule has 0 saturated heterocycles. The predicted octanol–water partition coefficient (Wildman–Crippen LogP) is 0.160. The zero-order valence-electron chi connectivity index (χ0n) is 7.16. The van der Waals surface area contributed by atoms with Crippen molar-refractivity contribution in [3.8, 4) is 0 Å². The van der Waals surface area contributed by atoms with Crippen LogP contribution >= 0.6 is 0 Å². The number of rotatable bonds is 1. The van der Waals surface area contributed by atoms with Crippen LogP contribution in [0.4, 0.5) is 5.69 Å². The maximum atomic E-state index is 6.98. The van der Waals surface area contributed by atoms with Gasteiger partial charge in [0.25, 0.3) is 0 Å². The highest BCUT2D eigenvalue weighted by atomic mass is 16.3. The van der Waals surface area contributed by atoms with Gasteiger partial charge in [-0.2, -0.15) is 0 Å². The number of anilines is 1. The zero-order chi connectivity index (χ0) is 9.68. The first-order chi connectivity index (χ1) is 6.22. The molecule has 13 heavy (non-hydrogen) atoms. The Morgan fingerprint density at radius 3 is 2.92 bits per heavy atom. The first-order valence-electron chi connectivity index (χ1n) is 3.59. The molecule has 5 N–H and O–H groups in total. The second-order valence-corrected chi connectivity index (χ2v) is 2.25. The van der Waals surface area contributed by atoms with Gasteiger partial charge >= 0.3 is 0 Å². The molecule has 0 bridgehead atoms. The standard InChI is InChI=1S/C7H11N5O/c1-10-7(12-6(8)9)11-5-2-3-13-4-5/h2-4H,1H3,(H5,8,9,10,11,12). The minimum Gasteiger partial charge on any atom is -0.470 e. The van der Waals surface area contributed by atoms with E-state index in [4.69, 9.17) is 15.6 Å². The van der Waals surface area contributed by atoms with Crippen LogP contribution in [0.3, 0.4) is 0 Å². The summed E-state index contributed by atoms with van der Waals surface area (Å²) in [5, 5.41) is 12.4. The van der Waals surface area contributed by atoms with Crippen molar-refractivity contribution in [2.45, 2.75) is 0 Å². The Morgan fingerprint density at radius 2 is 2.46 bits per heavy atom. The summed E-state index contributed by atoms with van der Waals surface area (Å²) in [4.78, 5) is 3.84. The molecule has 0 aliphatic rings. The van der Waals surface area contributed by atoms with Crippen LogP contribution in [0.25, 0.3) is 0 Å². The molecule has 1 aromatic heterocycles. The third-order valence-corrected chi connectivity index (χ3v) is 1.26. The van der Waals surface area contributed by atoms with Crippen molar-refractivity contribution in [1.29, 1.82) is 5.41 Å². The van der Waals surface area contributed by atoms with Gasteiger partial charge in [-0.05, 0) is 6.07 Å². The van der Waals surface area contributed by atoms with E-state index >= 15 is 0 Å². The first-order valence-corrected chi connectivity index (χ1v) is 3.59. The molecule has 0 aliphatic heterocycles. The van der Waals surface area contributed by atoms with Crippen LogP contribution in [0.15, 0.2) is 28.0 Å². The quantitative estimate of drug-likeness (QED) is 0.366. The highest BCUT2D eigenvalue weighted by Crippen LogP contribution is 2.05. The maximum absolute atomic E-state index is 6.98. The smallest absolute Gasteiger partial charge is 0.202 e. The topological polar surface area (TPSA) is 99.4 Å². The van der Waals surface area contributed by atoms with Gasteiger partial charge in [0, 0.05) is 7.05 Å². The van der Waals surface area contributed by atoms with Gasteiger partial charge in [0.05, 0.1) is 12.0 Å². The molecule has 1 aromatic rings. The fourth-order valence-electron chi connectivity index (χ4n) is 0.743. The van der Waals surface area contributed by atoms with E-state index in [1.807, 2.05) is 0 Å². The van der Waals surface area contributed by atoms with Crippen molar-refractivity contribution in [3.05, 3.63) is 18.6 Å². The van der Waals surface area contributed by atoms with Crippen molar-refractivity contribution in [2.75, 3.05) is 12.4 Å². The van der Waals surface area contributed by atoms with Crippen molar-refractivity contribution in [3.63, 3.8) is 0 Å². The van der Waals surface area contributed by atoms with E-state index in [2.05, 4.69) is 15.6 Å². The van der Waals surface area contributed by atoms with E-state index in [9.17, 15) is 0 Å². The van der Waals surface area contributed by atoms with Gasteiger partial charge < -0.3 is 15.5 Å². The van der Waals surface area contributed by atoms with E-state index in [-0.39, 0.29) is 5.96 Å². The average molecular weight is 181 g/mol. The van der Waals surface area contributed by atoms with Crippen LogP contribution in [-0.2, 0) is 0 Å². The van der Waals surface area contributed by atoms with Gasteiger partial charge in [0.15, 0.2) is 5.96 Å². The van der Waals surface area contributed by atoms with Gasteiger partial charge in [-0.3, -0.25) is 15.7 Å². The van der Waals surface area contributed by atoms with Crippen LogP contribution in [0, 0.1) is 5.41 Å². The van der Waals surface area contributed by atoms with Gasteiger partial charge in [-0.1, -0.05) is 0 Å². The minimum atomic E-state index is -0.170. The van der Waals surface area contributed by atoms with Gasteiger partial charge in [-0.25, -0.2) is 0 Å². The second-order valence-electron chi connectivity index (χ2n) is 2.25. The number of nitrogens with one attached hydrogen (secondary N) is 3. The van der Waals surface area contributed by atoms with Crippen LogP contribution in [0.2, 0.25) is 0 Å². The summed E-state index contributed by atoms with van der Waals surface area (Å²) in [6.45, 7) is 0. The SMILES string of the molecule is C/N=C(/NC(=N)N)Nc1ccoc1. The van der Waals surface area contributed by atoms with Crippen molar-refractivity contribution in [1.82, 2.24) is 5.32 Å². The minimum absolute atomic E-state index is 0.170. The van der Waals surface area contributed by atoms with Crippen LogP contribution in [0.1, 0.15) is 0 Å². The number of guanidine groups is 2. The van der Waals surface area contributed by atoms with E-state index in [0.717, 1.165) is 5.69 Å². The van der Waals surface area contributed by atoms with Crippen LogP contribution < -0.4 is 16.4 Å². The van der Waals surface area contributed by atoms with Gasteiger partial charge in [0.1, 0.15) is 6.26 Å². The highest BCUT2D eigenvalue weighted by molar-refractivity contribution is 6.03. The average Bonchev–Trinajstić information content (AvgIpc) is 2.55. The molecule has 0 radical (unpaired) electrons. The molecule has 0 aromatic carbocycles. The van der Waals surface area contributed by atoms with E-state index in [0.29, 0.717) is 5.96 Å². The summed E-state index contributed by atoms with van der Waals surface area (Å²) in [5.74, 6) is 0.227. The van der Waals surface area contributed by atoms with Crippen molar-refractivity contribution >= 4 is 17.6 Å². The molecule has 1 heterocycles. The Balaban J connectivity index is 2.56. The molecule has 70 valence electrons. The third-order valence-electron chi connectivity index (χ3n) is 1.26. The molecular weight excluding hydrogens is 170 g/mol. The Hall–Kier alpha value is -1.98. The molecule has 0 atom stereocenters. The highest BCUT2D eigenvalue weighted by Gasteiger charge is 1.99. The molecule has 1 rings (SSSR count). The number of hydrogen-bond acceptors (Lipinski definition) is 3. The molecule has 0 spiro atoms. The second kappa shape index (κ2) is 4.15. The van der Waals surface area contributed by atoms with Crippen molar-refractivity contribution < 1.29 is 4.42 Å². The zero-order valence-corrected chi connectivity index (χ0v) is 7.16. The normalized spacial score (nSPS) is 11.0. The van der Waals surface area contributed by atoms with E-state index in [1.54, 1.807) is 13.1 Å². The summed E-state index contributed by atoms with van der Waals surface area (Å²) in [7, 11) is 1.58. The third kappa shape index (κ3) is 2.86. The number of furan rings is 1. The summed E-state index contributed by atoms with van der Waals surface area (Å²) in [5.41, 5.74) is 5.87.